The van der Waals surface area contributed by atoms with Crippen molar-refractivity contribution >= 4 is 27.5 Å². The molecule has 4 saturated heterocycles. The number of anilines is 1. The minimum Gasteiger partial charge on any atom is -0.453 e. The molecule has 13 heteroatoms. The van der Waals surface area contributed by atoms with Crippen molar-refractivity contribution in [2.24, 2.45) is 11.8 Å². The minimum absolute atomic E-state index is 0.0300. The number of halogens is 1. The summed E-state index contributed by atoms with van der Waals surface area (Å²) in [5, 5.41) is 2.71. The zero-order valence-corrected chi connectivity index (χ0v) is 33.7. The number of amides is 2. The average molecular weight is 782 g/mol. The summed E-state index contributed by atoms with van der Waals surface area (Å²) in [4.78, 5) is 34.0. The molecule has 0 aromatic heterocycles. The molecular weight excluding hydrogens is 722 g/mol. The van der Waals surface area contributed by atoms with Crippen molar-refractivity contribution in [3.63, 3.8) is 0 Å². The Labute approximate surface area is 326 Å². The number of likely N-dealkylation sites (tertiary alicyclic amines) is 3. The Balaban J connectivity index is 1.01. The number of carbonyl (C=O) groups excluding carboxylic acids is 2. The van der Waals surface area contributed by atoms with E-state index in [1.807, 2.05) is 25.1 Å². The predicted molar refractivity (Wildman–Crippen MR) is 210 cm³/mol. The van der Waals surface area contributed by atoms with E-state index in [9.17, 15) is 18.0 Å². The summed E-state index contributed by atoms with van der Waals surface area (Å²) in [6.45, 7) is 9.81. The van der Waals surface area contributed by atoms with Gasteiger partial charge in [0.2, 0.25) is 5.91 Å². The van der Waals surface area contributed by atoms with Gasteiger partial charge in [0.15, 0.2) is 9.84 Å². The average Bonchev–Trinajstić information content (AvgIpc) is 3.64. The van der Waals surface area contributed by atoms with Crippen LogP contribution in [0.3, 0.4) is 0 Å². The lowest BCUT2D eigenvalue weighted by molar-refractivity contribution is -0.131. The van der Waals surface area contributed by atoms with Crippen LogP contribution in [0.4, 0.5) is 14.9 Å². The van der Waals surface area contributed by atoms with Crippen LogP contribution < -0.4 is 10.2 Å². The molecular formula is C42H60FN5O6S. The number of methoxy groups -OCH3 is 2. The van der Waals surface area contributed by atoms with Gasteiger partial charge < -0.3 is 34.4 Å². The van der Waals surface area contributed by atoms with E-state index in [2.05, 4.69) is 26.1 Å². The summed E-state index contributed by atoms with van der Waals surface area (Å²) >= 11 is 0. The summed E-state index contributed by atoms with van der Waals surface area (Å²) in [5.74, 6) is 0.347. The van der Waals surface area contributed by atoms with Crippen LogP contribution in [0.25, 0.3) is 0 Å². The first-order valence-electron chi connectivity index (χ1n) is 20.5. The maximum atomic E-state index is 15.1. The highest BCUT2D eigenvalue weighted by Crippen LogP contribution is 2.51. The van der Waals surface area contributed by atoms with E-state index in [1.165, 1.54) is 19.6 Å². The zero-order chi connectivity index (χ0) is 38.8. The second kappa shape index (κ2) is 16.7. The van der Waals surface area contributed by atoms with E-state index in [4.69, 9.17) is 9.47 Å². The Morgan fingerprint density at radius 2 is 1.60 bits per heavy atom. The van der Waals surface area contributed by atoms with E-state index in [0.717, 1.165) is 82.6 Å². The van der Waals surface area contributed by atoms with Gasteiger partial charge in [-0.2, -0.15) is 0 Å². The molecule has 11 nitrogen and oxygen atoms in total. The third-order valence-electron chi connectivity index (χ3n) is 13.7. The van der Waals surface area contributed by atoms with Crippen LogP contribution in [-0.2, 0) is 29.5 Å². The van der Waals surface area contributed by atoms with Crippen LogP contribution >= 0.6 is 0 Å². The van der Waals surface area contributed by atoms with Crippen molar-refractivity contribution in [3.05, 3.63) is 59.9 Å². The first kappa shape index (κ1) is 40.0. The number of piperidine rings is 2. The van der Waals surface area contributed by atoms with E-state index < -0.39 is 21.2 Å². The van der Waals surface area contributed by atoms with Crippen molar-refractivity contribution in [1.82, 2.24) is 20.0 Å². The van der Waals surface area contributed by atoms with Gasteiger partial charge in [-0.15, -0.1) is 0 Å². The fourth-order valence-electron chi connectivity index (χ4n) is 10.6. The number of benzene rings is 2. The number of nitrogens with one attached hydrogen (secondary N) is 1. The number of rotatable bonds is 13. The third-order valence-corrected chi connectivity index (χ3v) is 16.0. The molecule has 2 amide bonds. The molecule has 4 aliphatic heterocycles. The molecule has 302 valence electrons. The molecule has 0 radical (unpaired) electrons. The summed E-state index contributed by atoms with van der Waals surface area (Å²) in [6, 6.07) is 14.5. The predicted octanol–water partition coefficient (Wildman–Crippen LogP) is 5.09. The molecule has 3 atom stereocenters. The Morgan fingerprint density at radius 1 is 0.891 bits per heavy atom. The Kier molecular flexibility index (Phi) is 12.1. The second-order valence-electron chi connectivity index (χ2n) is 16.7. The highest BCUT2D eigenvalue weighted by atomic mass is 32.2. The lowest BCUT2D eigenvalue weighted by Gasteiger charge is -2.55. The van der Waals surface area contributed by atoms with Crippen molar-refractivity contribution in [2.75, 3.05) is 84.6 Å². The first-order valence-corrected chi connectivity index (χ1v) is 22.0. The number of ether oxygens (including phenoxy) is 2. The molecule has 0 spiro atoms. The van der Waals surface area contributed by atoms with Crippen LogP contribution in [-0.4, -0.2) is 132 Å². The van der Waals surface area contributed by atoms with Gasteiger partial charge in [-0.1, -0.05) is 25.5 Å². The molecule has 4 heterocycles. The summed E-state index contributed by atoms with van der Waals surface area (Å²) in [7, 11) is -0.283. The summed E-state index contributed by atoms with van der Waals surface area (Å²) < 4.78 is 53.3. The highest BCUT2D eigenvalue weighted by Gasteiger charge is 2.54. The van der Waals surface area contributed by atoms with Gasteiger partial charge >= 0.3 is 6.09 Å². The van der Waals surface area contributed by atoms with Gasteiger partial charge in [-0.3, -0.25) is 4.79 Å². The van der Waals surface area contributed by atoms with Gasteiger partial charge in [0.05, 0.1) is 30.3 Å². The lowest BCUT2D eigenvalue weighted by Crippen LogP contribution is -2.68. The van der Waals surface area contributed by atoms with E-state index in [0.29, 0.717) is 56.3 Å². The quantitative estimate of drug-likeness (QED) is 0.298. The molecule has 1 aliphatic carbocycles. The molecule has 1 saturated carbocycles. The third kappa shape index (κ3) is 8.13. The van der Waals surface area contributed by atoms with Gasteiger partial charge in [-0.05, 0) is 125 Å². The highest BCUT2D eigenvalue weighted by molar-refractivity contribution is 7.92. The minimum atomic E-state index is -3.48. The number of alkyl carbamates (subject to hydrolysis) is 1. The topological polar surface area (TPSA) is 112 Å². The van der Waals surface area contributed by atoms with Crippen molar-refractivity contribution in [2.45, 2.75) is 91.9 Å². The van der Waals surface area contributed by atoms with Gasteiger partial charge in [-0.25, -0.2) is 17.6 Å². The molecule has 55 heavy (non-hydrogen) atoms. The SMILES string of the molecule is CCC(=O)N1CCC(S(=O)(=O)c2ccc(N3CC(CN4CCC([C@@](CN5CCC5)(c5cccc(F)c5)[C@H]5CCC[C@@H]5NC(=O)OC)CC4)(OC)C3)cc2)CC1. The van der Waals surface area contributed by atoms with Crippen LogP contribution in [0.15, 0.2) is 53.4 Å². The maximum Gasteiger partial charge on any atom is 0.407 e. The fraction of sp³-hybridized carbons (Fsp3) is 0.667. The fourth-order valence-corrected chi connectivity index (χ4v) is 12.3. The zero-order valence-electron chi connectivity index (χ0n) is 32.9. The summed E-state index contributed by atoms with van der Waals surface area (Å²) in [6.07, 6.45) is 6.98. The number of carbonyl (C=O) groups is 2. The van der Waals surface area contributed by atoms with Crippen LogP contribution in [0, 0.1) is 17.7 Å². The molecule has 1 N–H and O–H groups in total. The number of hydrogen-bond acceptors (Lipinski definition) is 9. The van der Waals surface area contributed by atoms with Gasteiger partial charge in [0.25, 0.3) is 0 Å². The molecule has 2 aromatic rings. The van der Waals surface area contributed by atoms with Gasteiger partial charge in [0.1, 0.15) is 11.4 Å². The molecule has 0 unspecified atom stereocenters. The molecule has 5 aliphatic rings. The smallest absolute Gasteiger partial charge is 0.407 e. The van der Waals surface area contributed by atoms with Gasteiger partial charge in [0, 0.05) is 56.9 Å². The van der Waals surface area contributed by atoms with Crippen molar-refractivity contribution in [1.29, 1.82) is 0 Å². The largest absolute Gasteiger partial charge is 0.453 e. The van der Waals surface area contributed by atoms with Crippen LogP contribution in [0.5, 0.6) is 0 Å². The first-order chi connectivity index (χ1) is 26.5. The normalized spacial score (nSPS) is 25.2. The molecule has 0 bridgehead atoms. The monoisotopic (exact) mass is 781 g/mol. The van der Waals surface area contributed by atoms with E-state index >= 15 is 4.39 Å². The Morgan fingerprint density at radius 3 is 2.20 bits per heavy atom. The number of nitrogens with zero attached hydrogens (tertiary/aromatic N) is 4. The molecule has 2 aromatic carbocycles. The Bertz CT molecular complexity index is 1750. The Hall–Kier alpha value is -3.26. The lowest BCUT2D eigenvalue weighted by atomic mass is 9.57. The number of hydrogen-bond donors (Lipinski definition) is 1. The van der Waals surface area contributed by atoms with Crippen LogP contribution in [0.2, 0.25) is 0 Å². The van der Waals surface area contributed by atoms with E-state index in [-0.39, 0.29) is 34.7 Å². The van der Waals surface area contributed by atoms with E-state index in [1.54, 1.807) is 30.2 Å². The standard InChI is InChI=1S/C42H60FN5O6S/c1-4-39(49)47-24-18-36(19-25-47)55(51,52)35-14-12-34(13-15-35)48-28-41(29-48,54-3)27-46-22-16-31(17-23-46)42(30-45-20-7-21-45,32-8-5-9-33(43)26-32)37-10-6-11-38(37)44-40(50)53-2/h5,8-9,12-15,26,31,36-38H,4,6-7,10-11,16-25,27-30H2,1-3H3,(H,44,50)/t37-,38-,42-/m0/s1. The van der Waals surface area contributed by atoms with Crippen molar-refractivity contribution < 1.29 is 31.9 Å². The molecule has 5 fully saturated rings. The second-order valence-corrected chi connectivity index (χ2v) is 19.0. The molecule has 7 rings (SSSR count). The van der Waals surface area contributed by atoms with Crippen molar-refractivity contribution in [3.8, 4) is 0 Å². The summed E-state index contributed by atoms with van der Waals surface area (Å²) in [5.41, 5.74) is 1.39. The number of sulfone groups is 1. The maximum absolute atomic E-state index is 15.1. The van der Waals surface area contributed by atoms with Crippen LogP contribution in [0.1, 0.15) is 70.3 Å².